The van der Waals surface area contributed by atoms with E-state index in [2.05, 4.69) is 38.0 Å². The van der Waals surface area contributed by atoms with Crippen molar-refractivity contribution in [1.82, 2.24) is 10.2 Å². The minimum absolute atomic E-state index is 0.165. The molecule has 1 rings (SSSR count). The third kappa shape index (κ3) is 5.26. The van der Waals surface area contributed by atoms with Gasteiger partial charge in [0.05, 0.1) is 7.11 Å². The maximum absolute atomic E-state index is 12.1. The third-order valence-corrected chi connectivity index (χ3v) is 4.84. The summed E-state index contributed by atoms with van der Waals surface area (Å²) in [5.41, 5.74) is -0.602. The molecule has 21 heavy (non-hydrogen) atoms. The molecule has 0 heterocycles. The number of methoxy groups -OCH3 is 1. The Hall–Kier alpha value is -0.610. The van der Waals surface area contributed by atoms with Gasteiger partial charge < -0.3 is 9.64 Å². The lowest BCUT2D eigenvalue weighted by Crippen LogP contribution is -2.55. The zero-order valence-corrected chi connectivity index (χ0v) is 14.7. The summed E-state index contributed by atoms with van der Waals surface area (Å²) in [5.74, 6) is 0.590. The first kappa shape index (κ1) is 18.4. The lowest BCUT2D eigenvalue weighted by atomic mass is 9.84. The number of esters is 1. The molecule has 1 aliphatic rings. The van der Waals surface area contributed by atoms with Gasteiger partial charge in [0.2, 0.25) is 0 Å². The summed E-state index contributed by atoms with van der Waals surface area (Å²) in [6, 6.07) is 0.910. The van der Waals surface area contributed by atoms with E-state index in [1.807, 2.05) is 6.92 Å². The minimum atomic E-state index is -0.602. The summed E-state index contributed by atoms with van der Waals surface area (Å²) in [7, 11) is 3.66. The molecule has 1 N–H and O–H groups in total. The lowest BCUT2D eigenvalue weighted by molar-refractivity contribution is -0.148. The number of nitrogens with one attached hydrogen (secondary N) is 1. The molecule has 0 aromatic rings. The SMILES string of the molecule is COC(=O)C(C)(CCN(C)C1CCCCC1C)NC(C)C. The molecule has 4 nitrogen and oxygen atoms in total. The van der Waals surface area contributed by atoms with E-state index in [1.165, 1.54) is 32.8 Å². The van der Waals surface area contributed by atoms with E-state index < -0.39 is 5.54 Å². The van der Waals surface area contributed by atoms with Gasteiger partial charge in [0.15, 0.2) is 0 Å². The first-order chi connectivity index (χ1) is 9.80. The van der Waals surface area contributed by atoms with Crippen LogP contribution in [0.2, 0.25) is 0 Å². The Morgan fingerprint density at radius 2 is 2.00 bits per heavy atom. The van der Waals surface area contributed by atoms with Gasteiger partial charge >= 0.3 is 5.97 Å². The fraction of sp³-hybridized carbons (Fsp3) is 0.941. The molecule has 0 radical (unpaired) electrons. The second-order valence-electron chi connectivity index (χ2n) is 7.18. The van der Waals surface area contributed by atoms with Crippen LogP contribution in [-0.4, -0.2) is 49.2 Å². The van der Waals surface area contributed by atoms with Gasteiger partial charge in [-0.1, -0.05) is 19.8 Å². The molecular formula is C17H34N2O2. The summed E-state index contributed by atoms with van der Waals surface area (Å²) in [6.07, 6.45) is 6.08. The number of rotatable bonds is 7. The smallest absolute Gasteiger partial charge is 0.325 e. The molecule has 0 aliphatic heterocycles. The Balaban J connectivity index is 2.61. The van der Waals surface area contributed by atoms with Crippen LogP contribution in [0.3, 0.4) is 0 Å². The first-order valence-corrected chi connectivity index (χ1v) is 8.36. The lowest BCUT2D eigenvalue weighted by Gasteiger charge is -2.38. The maximum atomic E-state index is 12.1. The molecule has 0 saturated heterocycles. The van der Waals surface area contributed by atoms with Crippen LogP contribution in [0.25, 0.3) is 0 Å². The van der Waals surface area contributed by atoms with E-state index in [4.69, 9.17) is 4.74 Å². The second kappa shape index (κ2) is 8.14. The van der Waals surface area contributed by atoms with Crippen molar-refractivity contribution in [3.8, 4) is 0 Å². The van der Waals surface area contributed by atoms with Crippen LogP contribution in [0.4, 0.5) is 0 Å². The number of hydrogen-bond acceptors (Lipinski definition) is 4. The van der Waals surface area contributed by atoms with Gasteiger partial charge in [-0.2, -0.15) is 0 Å². The van der Waals surface area contributed by atoms with Crippen LogP contribution < -0.4 is 5.32 Å². The normalized spacial score (nSPS) is 25.9. The van der Waals surface area contributed by atoms with E-state index in [-0.39, 0.29) is 12.0 Å². The molecule has 4 heteroatoms. The van der Waals surface area contributed by atoms with E-state index in [9.17, 15) is 4.79 Å². The summed E-state index contributed by atoms with van der Waals surface area (Å²) >= 11 is 0. The summed E-state index contributed by atoms with van der Waals surface area (Å²) in [6.45, 7) is 9.35. The fourth-order valence-corrected chi connectivity index (χ4v) is 3.61. The predicted molar refractivity (Wildman–Crippen MR) is 87.4 cm³/mol. The Labute approximate surface area is 130 Å². The number of nitrogens with zero attached hydrogens (tertiary/aromatic N) is 1. The zero-order valence-electron chi connectivity index (χ0n) is 14.7. The third-order valence-electron chi connectivity index (χ3n) is 4.84. The van der Waals surface area contributed by atoms with Gasteiger partial charge in [-0.3, -0.25) is 10.1 Å². The molecule has 124 valence electrons. The highest BCUT2D eigenvalue weighted by atomic mass is 16.5. The molecule has 1 aliphatic carbocycles. The quantitative estimate of drug-likeness (QED) is 0.734. The van der Waals surface area contributed by atoms with Crippen LogP contribution in [0.5, 0.6) is 0 Å². The van der Waals surface area contributed by atoms with Crippen molar-refractivity contribution < 1.29 is 9.53 Å². The number of carbonyl (C=O) groups excluding carboxylic acids is 1. The summed E-state index contributed by atoms with van der Waals surface area (Å²) in [5, 5.41) is 3.38. The van der Waals surface area contributed by atoms with Crippen LogP contribution in [0.1, 0.15) is 59.8 Å². The zero-order chi connectivity index (χ0) is 16.0. The summed E-state index contributed by atoms with van der Waals surface area (Å²) < 4.78 is 5.00. The van der Waals surface area contributed by atoms with Crippen LogP contribution >= 0.6 is 0 Å². The fourth-order valence-electron chi connectivity index (χ4n) is 3.61. The highest BCUT2D eigenvalue weighted by molar-refractivity contribution is 5.80. The van der Waals surface area contributed by atoms with Crippen LogP contribution in [-0.2, 0) is 9.53 Å². The molecule has 1 saturated carbocycles. The molecule has 0 spiro atoms. The monoisotopic (exact) mass is 298 g/mol. The van der Waals surface area contributed by atoms with Gasteiger partial charge in [-0.05, 0) is 53.0 Å². The Bertz CT molecular complexity index is 333. The molecule has 0 bridgehead atoms. The maximum Gasteiger partial charge on any atom is 0.325 e. The average molecular weight is 298 g/mol. The molecule has 3 unspecified atom stereocenters. The van der Waals surface area contributed by atoms with Crippen molar-refractivity contribution in [2.24, 2.45) is 5.92 Å². The van der Waals surface area contributed by atoms with Crippen molar-refractivity contribution >= 4 is 5.97 Å². The first-order valence-electron chi connectivity index (χ1n) is 8.36. The van der Waals surface area contributed by atoms with Crippen molar-refractivity contribution in [2.45, 2.75) is 77.4 Å². The van der Waals surface area contributed by atoms with Crippen molar-refractivity contribution in [3.05, 3.63) is 0 Å². The van der Waals surface area contributed by atoms with Gasteiger partial charge in [-0.15, -0.1) is 0 Å². The molecule has 0 amide bonds. The van der Waals surface area contributed by atoms with E-state index >= 15 is 0 Å². The molecular weight excluding hydrogens is 264 g/mol. The Kier molecular flexibility index (Phi) is 7.14. The van der Waals surface area contributed by atoms with Gasteiger partial charge in [-0.25, -0.2) is 0 Å². The molecule has 0 aromatic heterocycles. The second-order valence-corrected chi connectivity index (χ2v) is 7.18. The van der Waals surface area contributed by atoms with E-state index in [0.29, 0.717) is 6.04 Å². The number of carbonyl (C=O) groups is 1. The largest absolute Gasteiger partial charge is 0.468 e. The van der Waals surface area contributed by atoms with Gasteiger partial charge in [0.1, 0.15) is 5.54 Å². The van der Waals surface area contributed by atoms with Crippen molar-refractivity contribution in [3.63, 3.8) is 0 Å². The van der Waals surface area contributed by atoms with Crippen molar-refractivity contribution in [1.29, 1.82) is 0 Å². The highest BCUT2D eigenvalue weighted by Gasteiger charge is 2.35. The van der Waals surface area contributed by atoms with Gasteiger partial charge in [0.25, 0.3) is 0 Å². The Morgan fingerprint density at radius 3 is 2.52 bits per heavy atom. The van der Waals surface area contributed by atoms with Crippen LogP contribution in [0, 0.1) is 5.92 Å². The average Bonchev–Trinajstić information content (AvgIpc) is 2.43. The van der Waals surface area contributed by atoms with Crippen molar-refractivity contribution in [2.75, 3.05) is 20.7 Å². The molecule has 1 fully saturated rings. The Morgan fingerprint density at radius 1 is 1.38 bits per heavy atom. The minimum Gasteiger partial charge on any atom is -0.468 e. The summed E-state index contributed by atoms with van der Waals surface area (Å²) in [4.78, 5) is 14.6. The van der Waals surface area contributed by atoms with Gasteiger partial charge in [0, 0.05) is 18.6 Å². The number of ether oxygens (including phenoxy) is 1. The number of hydrogen-bond donors (Lipinski definition) is 1. The van der Waals surface area contributed by atoms with E-state index in [0.717, 1.165) is 18.9 Å². The highest BCUT2D eigenvalue weighted by Crippen LogP contribution is 2.28. The molecule has 3 atom stereocenters. The predicted octanol–water partition coefficient (Wildman–Crippen LogP) is 2.82. The van der Waals surface area contributed by atoms with E-state index in [1.54, 1.807) is 0 Å². The topological polar surface area (TPSA) is 41.6 Å². The van der Waals surface area contributed by atoms with Crippen LogP contribution in [0.15, 0.2) is 0 Å². The molecule has 0 aromatic carbocycles. The standard InChI is InChI=1S/C17H34N2O2/c1-13(2)18-17(4,16(20)21-6)11-12-19(5)15-10-8-7-9-14(15)3/h13-15,18H,7-12H2,1-6H3.